The van der Waals surface area contributed by atoms with Crippen LogP contribution in [0.4, 0.5) is 5.82 Å². The highest BCUT2D eigenvalue weighted by atomic mass is 14.8. The summed E-state index contributed by atoms with van der Waals surface area (Å²) in [4.78, 5) is 4.53. The van der Waals surface area contributed by atoms with E-state index in [4.69, 9.17) is 5.73 Å². The van der Waals surface area contributed by atoms with Gasteiger partial charge in [-0.1, -0.05) is 54.6 Å². The lowest BCUT2D eigenvalue weighted by molar-refractivity contribution is 1.45. The van der Waals surface area contributed by atoms with Gasteiger partial charge in [-0.15, -0.1) is 0 Å². The normalized spacial score (nSPS) is 11.4. The molecule has 1 heterocycles. The van der Waals surface area contributed by atoms with E-state index in [1.165, 1.54) is 21.5 Å². The van der Waals surface area contributed by atoms with Crippen molar-refractivity contribution < 1.29 is 0 Å². The Labute approximate surface area is 110 Å². The van der Waals surface area contributed by atoms with E-state index >= 15 is 0 Å². The molecule has 1 aromatic heterocycles. The predicted molar refractivity (Wildman–Crippen MR) is 81.2 cm³/mol. The monoisotopic (exact) mass is 244 g/mol. The molecule has 3 aromatic carbocycles. The Morgan fingerprint density at radius 3 is 2.21 bits per heavy atom. The van der Waals surface area contributed by atoms with Crippen LogP contribution in [0.3, 0.4) is 0 Å². The summed E-state index contributed by atoms with van der Waals surface area (Å²) in [5.74, 6) is 0.596. The van der Waals surface area contributed by atoms with Crippen molar-refractivity contribution in [1.82, 2.24) is 4.98 Å². The summed E-state index contributed by atoms with van der Waals surface area (Å²) in [7, 11) is 0. The summed E-state index contributed by atoms with van der Waals surface area (Å²) in [6, 6.07) is 20.7. The van der Waals surface area contributed by atoms with E-state index in [0.717, 1.165) is 10.9 Å². The van der Waals surface area contributed by atoms with E-state index in [-0.39, 0.29) is 0 Å². The number of fused-ring (bicyclic) bond motifs is 5. The number of nitrogens with two attached hydrogens (primary N) is 1. The molecule has 0 radical (unpaired) electrons. The third-order valence-electron chi connectivity index (χ3n) is 3.62. The van der Waals surface area contributed by atoms with E-state index in [1.807, 2.05) is 24.3 Å². The molecule has 0 saturated carbocycles. The van der Waals surface area contributed by atoms with E-state index in [2.05, 4.69) is 41.4 Å². The van der Waals surface area contributed by atoms with Gasteiger partial charge in [0, 0.05) is 10.8 Å². The maximum atomic E-state index is 6.06. The molecule has 2 heteroatoms. The molecule has 0 bridgehead atoms. The molecular weight excluding hydrogens is 232 g/mol. The average molecular weight is 244 g/mol. The second kappa shape index (κ2) is 3.69. The fourth-order valence-corrected chi connectivity index (χ4v) is 2.75. The molecule has 0 aliphatic heterocycles. The highest BCUT2D eigenvalue weighted by Crippen LogP contribution is 2.32. The minimum absolute atomic E-state index is 0.596. The molecule has 0 saturated heterocycles. The summed E-state index contributed by atoms with van der Waals surface area (Å²) in [5.41, 5.74) is 7.01. The third kappa shape index (κ3) is 1.40. The minimum atomic E-state index is 0.596. The van der Waals surface area contributed by atoms with E-state index in [9.17, 15) is 0 Å². The molecule has 0 amide bonds. The first-order chi connectivity index (χ1) is 9.34. The quantitative estimate of drug-likeness (QED) is 0.472. The Bertz CT molecular complexity index is 926. The van der Waals surface area contributed by atoms with Gasteiger partial charge in [-0.25, -0.2) is 4.98 Å². The first-order valence-electron chi connectivity index (χ1n) is 6.30. The summed E-state index contributed by atoms with van der Waals surface area (Å²) >= 11 is 0. The van der Waals surface area contributed by atoms with Gasteiger partial charge in [0.1, 0.15) is 5.82 Å². The number of nitrogen functional groups attached to an aromatic ring is 1. The molecule has 0 fully saturated rings. The standard InChI is InChI=1S/C17H12N2/c18-17-14-8-4-3-7-13(14)16-12-6-2-1-5-11(12)9-10-15(16)19-17/h1-10H,(H2,18,19). The average Bonchev–Trinajstić information content (AvgIpc) is 2.47. The van der Waals surface area contributed by atoms with Gasteiger partial charge in [-0.3, -0.25) is 0 Å². The van der Waals surface area contributed by atoms with Crippen molar-refractivity contribution in [2.75, 3.05) is 5.73 Å². The van der Waals surface area contributed by atoms with E-state index < -0.39 is 0 Å². The first kappa shape index (κ1) is 10.3. The molecule has 2 N–H and O–H groups in total. The number of nitrogens with zero attached hydrogens (tertiary/aromatic N) is 1. The number of pyridine rings is 1. The second-order valence-electron chi connectivity index (χ2n) is 4.72. The lowest BCUT2D eigenvalue weighted by Gasteiger charge is -2.09. The van der Waals surface area contributed by atoms with Crippen molar-refractivity contribution in [1.29, 1.82) is 0 Å². The Kier molecular flexibility index (Phi) is 2.00. The van der Waals surface area contributed by atoms with E-state index in [0.29, 0.717) is 5.82 Å². The lowest BCUT2D eigenvalue weighted by atomic mass is 10.00. The Balaban J connectivity index is 2.39. The summed E-state index contributed by atoms with van der Waals surface area (Å²) in [6.45, 7) is 0. The van der Waals surface area contributed by atoms with Crippen LogP contribution in [-0.2, 0) is 0 Å². The summed E-state index contributed by atoms with van der Waals surface area (Å²) in [6.07, 6.45) is 0. The Hall–Kier alpha value is -2.61. The fourth-order valence-electron chi connectivity index (χ4n) is 2.75. The molecular formula is C17H12N2. The molecule has 4 aromatic rings. The highest BCUT2D eigenvalue weighted by molar-refractivity contribution is 6.20. The third-order valence-corrected chi connectivity index (χ3v) is 3.62. The van der Waals surface area contributed by atoms with Gasteiger partial charge in [-0.05, 0) is 22.2 Å². The van der Waals surface area contributed by atoms with Crippen LogP contribution >= 0.6 is 0 Å². The number of benzene rings is 3. The number of hydrogen-bond donors (Lipinski definition) is 1. The van der Waals surface area contributed by atoms with Crippen molar-refractivity contribution >= 4 is 38.3 Å². The molecule has 4 rings (SSSR count). The zero-order chi connectivity index (χ0) is 12.8. The number of rotatable bonds is 0. The lowest BCUT2D eigenvalue weighted by Crippen LogP contribution is -1.93. The van der Waals surface area contributed by atoms with Crippen LogP contribution in [-0.4, -0.2) is 4.98 Å². The van der Waals surface area contributed by atoms with Gasteiger partial charge in [0.2, 0.25) is 0 Å². The Morgan fingerprint density at radius 1 is 0.684 bits per heavy atom. The van der Waals surface area contributed by atoms with Crippen LogP contribution in [0, 0.1) is 0 Å². The van der Waals surface area contributed by atoms with Crippen LogP contribution in [0.25, 0.3) is 32.4 Å². The van der Waals surface area contributed by atoms with Crippen molar-refractivity contribution in [3.63, 3.8) is 0 Å². The van der Waals surface area contributed by atoms with Crippen molar-refractivity contribution in [3.8, 4) is 0 Å². The highest BCUT2D eigenvalue weighted by Gasteiger charge is 2.08. The zero-order valence-electron chi connectivity index (χ0n) is 10.3. The predicted octanol–water partition coefficient (Wildman–Crippen LogP) is 4.12. The zero-order valence-corrected chi connectivity index (χ0v) is 10.3. The SMILES string of the molecule is Nc1nc2ccc3ccccc3c2c2ccccc12. The van der Waals surface area contributed by atoms with Crippen LogP contribution in [0.2, 0.25) is 0 Å². The van der Waals surface area contributed by atoms with Gasteiger partial charge in [-0.2, -0.15) is 0 Å². The van der Waals surface area contributed by atoms with Crippen molar-refractivity contribution in [3.05, 3.63) is 60.7 Å². The van der Waals surface area contributed by atoms with Gasteiger partial charge < -0.3 is 5.73 Å². The van der Waals surface area contributed by atoms with Gasteiger partial charge in [0.15, 0.2) is 0 Å². The maximum absolute atomic E-state index is 6.06. The van der Waals surface area contributed by atoms with Crippen molar-refractivity contribution in [2.45, 2.75) is 0 Å². The number of hydrogen-bond acceptors (Lipinski definition) is 2. The molecule has 0 aliphatic rings. The fraction of sp³-hybridized carbons (Fsp3) is 0. The first-order valence-corrected chi connectivity index (χ1v) is 6.30. The molecule has 0 atom stereocenters. The van der Waals surface area contributed by atoms with Gasteiger partial charge in [0.25, 0.3) is 0 Å². The Morgan fingerprint density at radius 2 is 1.37 bits per heavy atom. The minimum Gasteiger partial charge on any atom is -0.383 e. The molecule has 0 spiro atoms. The molecule has 0 unspecified atom stereocenters. The smallest absolute Gasteiger partial charge is 0.131 e. The largest absolute Gasteiger partial charge is 0.383 e. The molecule has 90 valence electrons. The summed E-state index contributed by atoms with van der Waals surface area (Å²) in [5, 5.41) is 5.83. The van der Waals surface area contributed by atoms with Crippen LogP contribution in [0.15, 0.2) is 60.7 Å². The maximum Gasteiger partial charge on any atom is 0.131 e. The number of anilines is 1. The second-order valence-corrected chi connectivity index (χ2v) is 4.72. The van der Waals surface area contributed by atoms with Crippen LogP contribution in [0.5, 0.6) is 0 Å². The topological polar surface area (TPSA) is 38.9 Å². The van der Waals surface area contributed by atoms with Crippen LogP contribution < -0.4 is 5.73 Å². The van der Waals surface area contributed by atoms with Gasteiger partial charge in [0.05, 0.1) is 5.52 Å². The number of aromatic nitrogens is 1. The molecule has 19 heavy (non-hydrogen) atoms. The van der Waals surface area contributed by atoms with Crippen LogP contribution in [0.1, 0.15) is 0 Å². The van der Waals surface area contributed by atoms with Gasteiger partial charge >= 0.3 is 0 Å². The van der Waals surface area contributed by atoms with Crippen molar-refractivity contribution in [2.24, 2.45) is 0 Å². The molecule has 2 nitrogen and oxygen atoms in total. The molecule has 0 aliphatic carbocycles. The summed E-state index contributed by atoms with van der Waals surface area (Å²) < 4.78 is 0. The van der Waals surface area contributed by atoms with E-state index in [1.54, 1.807) is 0 Å².